The largest absolute Gasteiger partial charge is 0.497 e. The molecule has 0 bridgehead atoms. The van der Waals surface area contributed by atoms with Crippen LogP contribution in [-0.2, 0) is 16.1 Å². The number of aliphatic imine (C=N–C) groups is 1. The number of rotatable bonds is 7. The Morgan fingerprint density at radius 3 is 2.28 bits per heavy atom. The molecular weight excluding hydrogens is 470 g/mol. The number of carbonyl (C=O) groups is 2. The van der Waals surface area contributed by atoms with Crippen LogP contribution in [0, 0.1) is 20.8 Å². The van der Waals surface area contributed by atoms with Crippen molar-refractivity contribution in [2.24, 2.45) is 4.99 Å². The Balaban J connectivity index is 1.53. The molecule has 1 aliphatic heterocycles. The first kappa shape index (κ1) is 25.3. The maximum atomic E-state index is 13.5. The van der Waals surface area contributed by atoms with Crippen molar-refractivity contribution in [2.75, 3.05) is 17.8 Å². The minimum atomic E-state index is -0.224. The van der Waals surface area contributed by atoms with Crippen LogP contribution in [-0.4, -0.2) is 29.8 Å². The zero-order valence-corrected chi connectivity index (χ0v) is 21.7. The average Bonchev–Trinajstić information content (AvgIpc) is 3.17. The number of hydrogen-bond donors (Lipinski definition) is 1. The number of nitrogens with one attached hydrogen (secondary N) is 1. The molecule has 0 saturated carbocycles. The first-order chi connectivity index (χ1) is 17.3. The van der Waals surface area contributed by atoms with E-state index in [0.29, 0.717) is 17.4 Å². The highest BCUT2D eigenvalue weighted by Gasteiger charge is 2.32. The molecule has 3 aromatic rings. The van der Waals surface area contributed by atoms with Crippen LogP contribution in [0.25, 0.3) is 6.08 Å². The quantitative estimate of drug-likeness (QED) is 0.441. The highest BCUT2D eigenvalue weighted by atomic mass is 32.2. The molecule has 1 heterocycles. The van der Waals surface area contributed by atoms with E-state index in [1.54, 1.807) is 18.1 Å². The molecule has 7 heteroatoms. The molecule has 6 nitrogen and oxygen atoms in total. The maximum Gasteiger partial charge on any atom is 0.283 e. The van der Waals surface area contributed by atoms with Crippen LogP contribution >= 0.6 is 11.8 Å². The third-order valence-electron chi connectivity index (χ3n) is 5.66. The number of ether oxygens (including phenoxy) is 1. The van der Waals surface area contributed by atoms with Crippen LogP contribution in [0.15, 0.2) is 77.4 Å². The molecule has 0 atom stereocenters. The third-order valence-corrected chi connectivity index (χ3v) is 6.59. The first-order valence-corrected chi connectivity index (χ1v) is 12.6. The van der Waals surface area contributed by atoms with Crippen LogP contribution in [0.3, 0.4) is 0 Å². The molecule has 0 fully saturated rings. The minimum absolute atomic E-state index is 0.122. The van der Waals surface area contributed by atoms with E-state index < -0.39 is 0 Å². The lowest BCUT2D eigenvalue weighted by atomic mass is 10.1. The van der Waals surface area contributed by atoms with Crippen molar-refractivity contribution in [3.63, 3.8) is 0 Å². The van der Waals surface area contributed by atoms with Gasteiger partial charge in [0.15, 0.2) is 5.17 Å². The molecule has 0 saturated heterocycles. The summed E-state index contributed by atoms with van der Waals surface area (Å²) in [5.41, 5.74) is 6.20. The molecule has 184 valence electrons. The minimum Gasteiger partial charge on any atom is -0.497 e. The van der Waals surface area contributed by atoms with Crippen molar-refractivity contribution in [3.8, 4) is 5.75 Å². The van der Waals surface area contributed by atoms with Gasteiger partial charge in [0.2, 0.25) is 5.91 Å². The van der Waals surface area contributed by atoms with Crippen molar-refractivity contribution in [3.05, 3.63) is 100 Å². The summed E-state index contributed by atoms with van der Waals surface area (Å²) >= 11 is 1.25. The molecule has 36 heavy (non-hydrogen) atoms. The first-order valence-electron chi connectivity index (χ1n) is 11.6. The van der Waals surface area contributed by atoms with Gasteiger partial charge in [-0.05, 0) is 73.4 Å². The van der Waals surface area contributed by atoms with Crippen LogP contribution in [0.4, 0.5) is 5.69 Å². The van der Waals surface area contributed by atoms with Gasteiger partial charge in [-0.2, -0.15) is 0 Å². The number of nitrogens with zero attached hydrogens (tertiary/aromatic N) is 2. The van der Waals surface area contributed by atoms with Gasteiger partial charge in [0.25, 0.3) is 5.91 Å². The Bertz CT molecular complexity index is 1310. The van der Waals surface area contributed by atoms with Gasteiger partial charge in [-0.3, -0.25) is 14.5 Å². The van der Waals surface area contributed by atoms with Crippen LogP contribution in [0.5, 0.6) is 5.75 Å². The second-order valence-corrected chi connectivity index (χ2v) is 9.68. The fourth-order valence-electron chi connectivity index (χ4n) is 3.85. The van der Waals surface area contributed by atoms with Crippen LogP contribution in [0.1, 0.15) is 27.8 Å². The Kier molecular flexibility index (Phi) is 7.90. The highest BCUT2D eigenvalue weighted by Crippen LogP contribution is 2.31. The van der Waals surface area contributed by atoms with Gasteiger partial charge in [0.05, 0.1) is 18.6 Å². The van der Waals surface area contributed by atoms with E-state index >= 15 is 0 Å². The van der Waals surface area contributed by atoms with E-state index in [1.165, 1.54) is 17.3 Å². The fraction of sp³-hybridized carbons (Fsp3) is 0.207. The summed E-state index contributed by atoms with van der Waals surface area (Å²) in [4.78, 5) is 32.3. The summed E-state index contributed by atoms with van der Waals surface area (Å²) in [7, 11) is 1.61. The Morgan fingerprint density at radius 1 is 0.972 bits per heavy atom. The normalized spacial score (nSPS) is 14.2. The summed E-state index contributed by atoms with van der Waals surface area (Å²) in [5, 5.41) is 3.43. The summed E-state index contributed by atoms with van der Waals surface area (Å²) in [6, 6.07) is 21.4. The summed E-state index contributed by atoms with van der Waals surface area (Å²) in [6.45, 7) is 6.47. The van der Waals surface area contributed by atoms with Gasteiger partial charge in [0.1, 0.15) is 11.4 Å². The number of thioether (sulfide) groups is 1. The highest BCUT2D eigenvalue weighted by molar-refractivity contribution is 8.14. The predicted molar refractivity (Wildman–Crippen MR) is 147 cm³/mol. The van der Waals surface area contributed by atoms with Crippen molar-refractivity contribution >= 4 is 40.5 Å². The lowest BCUT2D eigenvalue weighted by molar-refractivity contribution is -0.118. The number of aryl methyl sites for hydroxylation is 3. The zero-order chi connectivity index (χ0) is 25.7. The van der Waals surface area contributed by atoms with Gasteiger partial charge < -0.3 is 10.1 Å². The number of hydrogen-bond acceptors (Lipinski definition) is 5. The molecule has 1 N–H and O–H groups in total. The summed E-state index contributed by atoms with van der Waals surface area (Å²) < 4.78 is 5.22. The zero-order valence-electron chi connectivity index (χ0n) is 20.9. The molecule has 0 aliphatic carbocycles. The van der Waals surface area contributed by atoms with Gasteiger partial charge in [-0.1, -0.05) is 59.8 Å². The molecule has 0 radical (unpaired) electrons. The van der Waals surface area contributed by atoms with E-state index in [0.717, 1.165) is 33.7 Å². The number of methoxy groups -OCH3 is 1. The Morgan fingerprint density at radius 2 is 1.64 bits per heavy atom. The summed E-state index contributed by atoms with van der Waals surface area (Å²) in [6.07, 6.45) is 1.75. The SMILES string of the molecule is COc1ccc(/C=C2/N=C(SCC(=O)NCc3ccc(C)cc3)N(c3cc(C)cc(C)c3)C2=O)cc1. The molecule has 0 unspecified atom stereocenters. The van der Waals surface area contributed by atoms with Gasteiger partial charge in [-0.25, -0.2) is 4.99 Å². The second-order valence-electron chi connectivity index (χ2n) is 8.73. The lowest BCUT2D eigenvalue weighted by Crippen LogP contribution is -2.32. The standard InChI is InChI=1S/C29H29N3O3S/c1-19-5-7-23(8-6-19)17-30-27(33)18-36-29-31-26(16-22-9-11-25(35-4)12-10-22)28(34)32(29)24-14-20(2)13-21(3)15-24/h5-16H,17-18H2,1-4H3,(H,30,33)/b26-16+. The number of amidine groups is 1. The molecule has 1 aliphatic rings. The number of anilines is 1. The van der Waals surface area contributed by atoms with Crippen molar-refractivity contribution < 1.29 is 14.3 Å². The van der Waals surface area contributed by atoms with Crippen LogP contribution < -0.4 is 15.0 Å². The molecule has 3 aromatic carbocycles. The van der Waals surface area contributed by atoms with Gasteiger partial charge >= 0.3 is 0 Å². The Labute approximate surface area is 216 Å². The maximum absolute atomic E-state index is 13.5. The van der Waals surface area contributed by atoms with Gasteiger partial charge in [0, 0.05) is 6.54 Å². The molecule has 0 aromatic heterocycles. The molecule has 4 rings (SSSR count). The summed E-state index contributed by atoms with van der Waals surface area (Å²) in [5.74, 6) is 0.542. The van der Waals surface area contributed by atoms with E-state index in [2.05, 4.69) is 16.4 Å². The van der Waals surface area contributed by atoms with Crippen molar-refractivity contribution in [1.82, 2.24) is 5.32 Å². The second kappa shape index (κ2) is 11.3. The number of carbonyl (C=O) groups excluding carboxylic acids is 2. The number of benzene rings is 3. The number of amides is 2. The van der Waals surface area contributed by atoms with Crippen molar-refractivity contribution in [2.45, 2.75) is 27.3 Å². The smallest absolute Gasteiger partial charge is 0.283 e. The topological polar surface area (TPSA) is 71.0 Å². The third kappa shape index (κ3) is 6.23. The molecule has 2 amide bonds. The Hall–Kier alpha value is -3.84. The van der Waals surface area contributed by atoms with E-state index in [-0.39, 0.29) is 17.6 Å². The van der Waals surface area contributed by atoms with Crippen molar-refractivity contribution in [1.29, 1.82) is 0 Å². The lowest BCUT2D eigenvalue weighted by Gasteiger charge is -2.19. The van der Waals surface area contributed by atoms with E-state index in [1.807, 2.05) is 81.4 Å². The predicted octanol–water partition coefficient (Wildman–Crippen LogP) is 5.41. The molecular formula is C29H29N3O3S. The fourth-order valence-corrected chi connectivity index (χ4v) is 4.69. The molecule has 0 spiro atoms. The van der Waals surface area contributed by atoms with Gasteiger partial charge in [-0.15, -0.1) is 0 Å². The van der Waals surface area contributed by atoms with E-state index in [4.69, 9.17) is 4.74 Å². The average molecular weight is 500 g/mol. The monoisotopic (exact) mass is 499 g/mol. The van der Waals surface area contributed by atoms with Crippen LogP contribution in [0.2, 0.25) is 0 Å². The van der Waals surface area contributed by atoms with E-state index in [9.17, 15) is 9.59 Å².